The maximum Gasteiger partial charge on any atom is 0.261 e. The van der Waals surface area contributed by atoms with E-state index in [1.165, 1.54) is 18.2 Å². The molecular formula is C18H19N5O3S. The van der Waals surface area contributed by atoms with Gasteiger partial charge in [0.2, 0.25) is 0 Å². The van der Waals surface area contributed by atoms with E-state index in [9.17, 15) is 13.2 Å². The van der Waals surface area contributed by atoms with E-state index < -0.39 is 15.9 Å². The lowest BCUT2D eigenvalue weighted by atomic mass is 10.2. The zero-order valence-electron chi connectivity index (χ0n) is 14.4. The second kappa shape index (κ2) is 7.92. The van der Waals surface area contributed by atoms with Crippen molar-refractivity contribution in [2.75, 3.05) is 17.0 Å². The first-order chi connectivity index (χ1) is 12.9. The average Bonchev–Trinajstić information content (AvgIpc) is 3.15. The molecule has 140 valence electrons. The molecule has 0 saturated carbocycles. The van der Waals surface area contributed by atoms with Crippen LogP contribution in [0.4, 0.5) is 11.4 Å². The molecule has 4 N–H and O–H groups in total. The lowest BCUT2D eigenvalue weighted by Gasteiger charge is -2.11. The van der Waals surface area contributed by atoms with Crippen LogP contribution in [0, 0.1) is 0 Å². The number of aromatic nitrogens is 2. The largest absolute Gasteiger partial charge is 0.399 e. The maximum absolute atomic E-state index is 12.6. The number of sulfonamides is 1. The molecule has 0 bridgehead atoms. The minimum atomic E-state index is -3.87. The number of nitrogens with two attached hydrogens (primary N) is 1. The average molecular weight is 385 g/mol. The Morgan fingerprint density at radius 1 is 1.15 bits per heavy atom. The second-order valence-electron chi connectivity index (χ2n) is 5.82. The molecule has 0 aliphatic heterocycles. The zero-order valence-corrected chi connectivity index (χ0v) is 15.2. The van der Waals surface area contributed by atoms with Crippen molar-refractivity contribution in [2.45, 2.75) is 11.4 Å². The van der Waals surface area contributed by atoms with E-state index in [2.05, 4.69) is 15.0 Å². The maximum atomic E-state index is 12.6. The SMILES string of the molecule is Nc1cc(C(=O)NCCn2ccnc2)cc(S(=O)(=O)Nc2ccccc2)c1. The fraction of sp³-hybridized carbons (Fsp3) is 0.111. The number of amides is 1. The zero-order chi connectivity index (χ0) is 19.3. The minimum absolute atomic E-state index is 0.0777. The number of para-hydroxylation sites is 1. The number of carbonyl (C=O) groups is 1. The fourth-order valence-electron chi connectivity index (χ4n) is 2.45. The Morgan fingerprint density at radius 2 is 1.93 bits per heavy atom. The summed E-state index contributed by atoms with van der Waals surface area (Å²) in [6.07, 6.45) is 5.08. The van der Waals surface area contributed by atoms with Crippen molar-refractivity contribution in [1.29, 1.82) is 0 Å². The van der Waals surface area contributed by atoms with Gasteiger partial charge in [-0.15, -0.1) is 0 Å². The van der Waals surface area contributed by atoms with Crippen LogP contribution in [0.2, 0.25) is 0 Å². The van der Waals surface area contributed by atoms with E-state index in [4.69, 9.17) is 5.73 Å². The summed E-state index contributed by atoms with van der Waals surface area (Å²) in [7, 11) is -3.87. The molecule has 3 aromatic rings. The third-order valence-electron chi connectivity index (χ3n) is 3.74. The molecular weight excluding hydrogens is 366 g/mol. The van der Waals surface area contributed by atoms with Crippen LogP contribution >= 0.6 is 0 Å². The van der Waals surface area contributed by atoms with Crippen LogP contribution in [-0.4, -0.2) is 30.4 Å². The first-order valence-corrected chi connectivity index (χ1v) is 9.65. The summed E-state index contributed by atoms with van der Waals surface area (Å²) in [4.78, 5) is 16.2. The fourth-order valence-corrected chi connectivity index (χ4v) is 3.59. The van der Waals surface area contributed by atoms with Crippen LogP contribution in [0.3, 0.4) is 0 Å². The van der Waals surface area contributed by atoms with Crippen molar-refractivity contribution < 1.29 is 13.2 Å². The number of anilines is 2. The standard InChI is InChI=1S/C18H19N5O3S/c19-15-10-14(18(24)21-7-9-23-8-6-20-13-23)11-17(12-15)27(25,26)22-16-4-2-1-3-5-16/h1-6,8,10-13,22H,7,9,19H2,(H,21,24). The summed E-state index contributed by atoms with van der Waals surface area (Å²) in [5.74, 6) is -0.404. The molecule has 0 aliphatic carbocycles. The third kappa shape index (κ3) is 4.85. The van der Waals surface area contributed by atoms with Gasteiger partial charge in [-0.1, -0.05) is 18.2 Å². The Labute approximate surface area is 157 Å². The summed E-state index contributed by atoms with van der Waals surface area (Å²) in [6.45, 7) is 0.920. The number of hydrogen-bond acceptors (Lipinski definition) is 5. The van der Waals surface area contributed by atoms with E-state index in [0.29, 0.717) is 18.8 Å². The number of hydrogen-bond donors (Lipinski definition) is 3. The predicted molar refractivity (Wildman–Crippen MR) is 103 cm³/mol. The predicted octanol–water partition coefficient (Wildman–Crippen LogP) is 1.70. The first kappa shape index (κ1) is 18.5. The van der Waals surface area contributed by atoms with Gasteiger partial charge in [0.25, 0.3) is 15.9 Å². The number of benzene rings is 2. The summed E-state index contributed by atoms with van der Waals surface area (Å²) in [5, 5.41) is 2.73. The molecule has 2 aromatic carbocycles. The number of rotatable bonds is 7. The normalized spacial score (nSPS) is 11.1. The number of nitrogen functional groups attached to an aromatic ring is 1. The number of nitrogens with one attached hydrogen (secondary N) is 2. The summed E-state index contributed by atoms with van der Waals surface area (Å²) in [6, 6.07) is 12.5. The molecule has 0 fully saturated rings. The Bertz CT molecular complexity index is 1020. The molecule has 0 radical (unpaired) electrons. The van der Waals surface area contributed by atoms with Crippen molar-refractivity contribution in [3.63, 3.8) is 0 Å². The van der Waals surface area contributed by atoms with Crippen LogP contribution in [0.1, 0.15) is 10.4 Å². The molecule has 0 saturated heterocycles. The van der Waals surface area contributed by atoms with Gasteiger partial charge in [0, 0.05) is 42.4 Å². The molecule has 1 aromatic heterocycles. The third-order valence-corrected chi connectivity index (χ3v) is 5.10. The highest BCUT2D eigenvalue weighted by Gasteiger charge is 2.18. The number of carbonyl (C=O) groups excluding carboxylic acids is 1. The van der Waals surface area contributed by atoms with Gasteiger partial charge in [-0.05, 0) is 30.3 Å². The van der Waals surface area contributed by atoms with E-state index in [0.717, 1.165) is 0 Å². The lowest BCUT2D eigenvalue weighted by molar-refractivity contribution is 0.0952. The highest BCUT2D eigenvalue weighted by molar-refractivity contribution is 7.92. The monoisotopic (exact) mass is 385 g/mol. The Kier molecular flexibility index (Phi) is 5.41. The van der Waals surface area contributed by atoms with Gasteiger partial charge in [0.1, 0.15) is 0 Å². The van der Waals surface area contributed by atoms with E-state index in [1.54, 1.807) is 49.1 Å². The molecule has 0 aliphatic rings. The molecule has 0 spiro atoms. The van der Waals surface area contributed by atoms with Crippen molar-refractivity contribution >= 4 is 27.3 Å². The van der Waals surface area contributed by atoms with E-state index in [1.807, 2.05) is 4.57 Å². The molecule has 0 unspecified atom stereocenters. The van der Waals surface area contributed by atoms with Crippen LogP contribution in [-0.2, 0) is 16.6 Å². The van der Waals surface area contributed by atoms with Gasteiger partial charge >= 0.3 is 0 Å². The van der Waals surface area contributed by atoms with Crippen molar-refractivity contribution in [3.8, 4) is 0 Å². The highest BCUT2D eigenvalue weighted by atomic mass is 32.2. The van der Waals surface area contributed by atoms with Gasteiger partial charge in [-0.25, -0.2) is 13.4 Å². The van der Waals surface area contributed by atoms with Gasteiger partial charge in [0.05, 0.1) is 11.2 Å². The first-order valence-electron chi connectivity index (χ1n) is 8.16. The van der Waals surface area contributed by atoms with Crippen molar-refractivity contribution in [1.82, 2.24) is 14.9 Å². The van der Waals surface area contributed by atoms with Gasteiger partial charge in [0.15, 0.2) is 0 Å². The second-order valence-corrected chi connectivity index (χ2v) is 7.50. The van der Waals surface area contributed by atoms with Crippen LogP contribution in [0.15, 0.2) is 72.1 Å². The van der Waals surface area contributed by atoms with Crippen LogP contribution in [0.25, 0.3) is 0 Å². The number of nitrogens with zero attached hydrogens (tertiary/aromatic N) is 2. The topological polar surface area (TPSA) is 119 Å². The summed E-state index contributed by atoms with van der Waals surface area (Å²) >= 11 is 0. The Balaban J connectivity index is 1.74. The summed E-state index contributed by atoms with van der Waals surface area (Å²) < 4.78 is 29.5. The molecule has 3 rings (SSSR count). The van der Waals surface area contributed by atoms with Crippen LogP contribution < -0.4 is 15.8 Å². The lowest BCUT2D eigenvalue weighted by Crippen LogP contribution is -2.27. The minimum Gasteiger partial charge on any atom is -0.399 e. The van der Waals surface area contributed by atoms with Gasteiger partial charge in [-0.2, -0.15) is 0 Å². The van der Waals surface area contributed by atoms with Gasteiger partial charge in [-0.3, -0.25) is 9.52 Å². The highest BCUT2D eigenvalue weighted by Crippen LogP contribution is 2.20. The number of imidazole rings is 1. The Hall–Kier alpha value is -3.33. The van der Waals surface area contributed by atoms with Gasteiger partial charge < -0.3 is 15.6 Å². The quantitative estimate of drug-likeness (QED) is 0.535. The molecule has 1 amide bonds. The molecule has 0 atom stereocenters. The summed E-state index contributed by atoms with van der Waals surface area (Å²) in [5.41, 5.74) is 6.59. The van der Waals surface area contributed by atoms with E-state index in [-0.39, 0.29) is 16.1 Å². The van der Waals surface area contributed by atoms with Crippen LogP contribution in [0.5, 0.6) is 0 Å². The van der Waals surface area contributed by atoms with E-state index >= 15 is 0 Å². The smallest absolute Gasteiger partial charge is 0.261 e. The Morgan fingerprint density at radius 3 is 2.63 bits per heavy atom. The molecule has 8 nitrogen and oxygen atoms in total. The molecule has 9 heteroatoms. The van der Waals surface area contributed by atoms with Crippen molar-refractivity contribution in [3.05, 3.63) is 72.8 Å². The molecule has 1 heterocycles. The molecule has 27 heavy (non-hydrogen) atoms. The van der Waals surface area contributed by atoms with Crippen molar-refractivity contribution in [2.24, 2.45) is 0 Å².